The molecule has 0 aliphatic heterocycles. The molecule has 0 spiro atoms. The summed E-state index contributed by atoms with van der Waals surface area (Å²) in [5.74, 6) is 3.01. The minimum atomic E-state index is -1.53. The first-order chi connectivity index (χ1) is 5.81. The number of hydrogen-bond donors (Lipinski definition) is 0. The third kappa shape index (κ3) is 5.04. The van der Waals surface area contributed by atoms with Crippen LogP contribution in [0.1, 0.15) is 27.2 Å². The van der Waals surface area contributed by atoms with E-state index in [9.17, 15) is 0 Å². The van der Waals surface area contributed by atoms with Gasteiger partial charge in [-0.2, -0.15) is 0 Å². The van der Waals surface area contributed by atoms with Gasteiger partial charge in [0.2, 0.25) is 0 Å². The maximum atomic E-state index is 5.93. The largest absolute Gasteiger partial charge is 0.416 e. The first-order valence-corrected chi connectivity index (χ1v) is 8.52. The fourth-order valence-corrected chi connectivity index (χ4v) is 1.94. The van der Waals surface area contributed by atoms with Gasteiger partial charge < -0.3 is 4.43 Å². The Morgan fingerprint density at radius 1 is 1.31 bits per heavy atom. The average molecular weight is 310 g/mol. The SMILES string of the molecule is CC(C)(C)[Si](C)(C)OCCC#CI. The highest BCUT2D eigenvalue weighted by Crippen LogP contribution is 2.36. The van der Waals surface area contributed by atoms with Crippen LogP contribution in [-0.4, -0.2) is 14.9 Å². The maximum absolute atomic E-state index is 5.93. The molecule has 1 nitrogen and oxygen atoms in total. The van der Waals surface area contributed by atoms with Gasteiger partial charge >= 0.3 is 0 Å². The molecule has 0 aromatic heterocycles. The molecule has 0 radical (unpaired) electrons. The van der Waals surface area contributed by atoms with Gasteiger partial charge in [-0.05, 0) is 22.1 Å². The van der Waals surface area contributed by atoms with Crippen LogP contribution in [0.3, 0.4) is 0 Å². The van der Waals surface area contributed by atoms with Gasteiger partial charge in [0, 0.05) is 35.6 Å². The molecule has 0 saturated heterocycles. The highest BCUT2D eigenvalue weighted by molar-refractivity contribution is 14.1. The summed E-state index contributed by atoms with van der Waals surface area (Å²) in [7, 11) is -1.53. The standard InChI is InChI=1S/C10H19IOSi/c1-10(2,3)13(4,5)12-9-7-6-8-11/h7,9H2,1-5H3. The predicted octanol–water partition coefficient (Wildman–Crippen LogP) is 3.79. The smallest absolute Gasteiger partial charge is 0.192 e. The molecule has 0 atom stereocenters. The van der Waals surface area contributed by atoms with E-state index in [2.05, 4.69) is 66.3 Å². The van der Waals surface area contributed by atoms with Crippen LogP contribution in [-0.2, 0) is 4.43 Å². The first kappa shape index (κ1) is 13.5. The molecule has 0 aromatic rings. The minimum Gasteiger partial charge on any atom is -0.416 e. The Bertz CT molecular complexity index is 207. The van der Waals surface area contributed by atoms with Crippen molar-refractivity contribution in [2.75, 3.05) is 6.61 Å². The first-order valence-electron chi connectivity index (χ1n) is 4.54. The van der Waals surface area contributed by atoms with Crippen molar-refractivity contribution in [3.05, 3.63) is 0 Å². The zero-order chi connectivity index (χ0) is 10.5. The van der Waals surface area contributed by atoms with Crippen LogP contribution < -0.4 is 0 Å². The van der Waals surface area contributed by atoms with Gasteiger partial charge in [0.1, 0.15) is 0 Å². The molecule has 0 aliphatic carbocycles. The zero-order valence-electron chi connectivity index (χ0n) is 9.20. The summed E-state index contributed by atoms with van der Waals surface area (Å²) in [4.78, 5) is 0. The Morgan fingerprint density at radius 3 is 2.23 bits per heavy atom. The third-order valence-electron chi connectivity index (χ3n) is 2.56. The lowest BCUT2D eigenvalue weighted by Gasteiger charge is -2.35. The molecule has 0 N–H and O–H groups in total. The average Bonchev–Trinajstić information content (AvgIpc) is 1.96. The van der Waals surface area contributed by atoms with Gasteiger partial charge in [0.15, 0.2) is 8.32 Å². The van der Waals surface area contributed by atoms with Crippen molar-refractivity contribution in [2.24, 2.45) is 0 Å². The molecule has 0 rings (SSSR count). The van der Waals surface area contributed by atoms with E-state index in [4.69, 9.17) is 4.43 Å². The van der Waals surface area contributed by atoms with Gasteiger partial charge in [-0.3, -0.25) is 0 Å². The van der Waals surface area contributed by atoms with E-state index in [1.807, 2.05) is 0 Å². The van der Waals surface area contributed by atoms with Crippen LogP contribution in [0.2, 0.25) is 18.1 Å². The second-order valence-corrected chi connectivity index (χ2v) is 9.98. The summed E-state index contributed by atoms with van der Waals surface area (Å²) in [6.45, 7) is 12.1. The van der Waals surface area contributed by atoms with Gasteiger partial charge in [0.25, 0.3) is 0 Å². The van der Waals surface area contributed by atoms with Crippen molar-refractivity contribution < 1.29 is 4.43 Å². The van der Waals surface area contributed by atoms with Gasteiger partial charge in [0.05, 0.1) is 0 Å². The molecule has 0 heterocycles. The normalized spacial score (nSPS) is 12.2. The molecule has 0 amide bonds. The molecule has 0 aliphatic rings. The van der Waals surface area contributed by atoms with E-state index >= 15 is 0 Å². The second kappa shape index (κ2) is 5.37. The molecule has 0 unspecified atom stereocenters. The van der Waals surface area contributed by atoms with Gasteiger partial charge in [-0.1, -0.05) is 26.7 Å². The maximum Gasteiger partial charge on any atom is 0.192 e. The van der Waals surface area contributed by atoms with E-state index in [0.717, 1.165) is 13.0 Å². The third-order valence-corrected chi connectivity index (χ3v) is 7.48. The number of rotatable bonds is 3. The highest BCUT2D eigenvalue weighted by Gasteiger charge is 2.36. The molecule has 3 heteroatoms. The minimum absolute atomic E-state index is 0.310. The quantitative estimate of drug-likeness (QED) is 0.333. The summed E-state index contributed by atoms with van der Waals surface area (Å²) < 4.78 is 8.78. The van der Waals surface area contributed by atoms with Crippen molar-refractivity contribution in [1.82, 2.24) is 0 Å². The van der Waals surface area contributed by atoms with E-state index in [1.54, 1.807) is 0 Å². The highest BCUT2D eigenvalue weighted by atomic mass is 127. The van der Waals surface area contributed by atoms with E-state index in [0.29, 0.717) is 5.04 Å². The second-order valence-electron chi connectivity index (χ2n) is 4.63. The van der Waals surface area contributed by atoms with E-state index in [1.165, 1.54) is 0 Å². The molecule has 0 aromatic carbocycles. The molecule has 76 valence electrons. The molecule has 0 saturated carbocycles. The lowest BCUT2D eigenvalue weighted by molar-refractivity contribution is 0.296. The van der Waals surface area contributed by atoms with E-state index in [-0.39, 0.29) is 0 Å². The van der Waals surface area contributed by atoms with Crippen molar-refractivity contribution in [3.8, 4) is 9.85 Å². The van der Waals surface area contributed by atoms with Crippen LogP contribution in [0.15, 0.2) is 0 Å². The van der Waals surface area contributed by atoms with Gasteiger partial charge in [-0.25, -0.2) is 0 Å². The van der Waals surface area contributed by atoms with Crippen molar-refractivity contribution in [1.29, 1.82) is 0 Å². The Labute approximate surface area is 96.9 Å². The summed E-state index contributed by atoms with van der Waals surface area (Å²) >= 11 is 2.06. The summed E-state index contributed by atoms with van der Waals surface area (Å²) in [6.07, 6.45) is 0.857. The Morgan fingerprint density at radius 2 is 1.85 bits per heavy atom. The van der Waals surface area contributed by atoms with Crippen molar-refractivity contribution in [3.63, 3.8) is 0 Å². The van der Waals surface area contributed by atoms with Crippen molar-refractivity contribution in [2.45, 2.75) is 45.3 Å². The van der Waals surface area contributed by atoms with Crippen LogP contribution in [0, 0.1) is 9.85 Å². The fraction of sp³-hybridized carbons (Fsp3) is 0.800. The monoisotopic (exact) mass is 310 g/mol. The van der Waals surface area contributed by atoms with E-state index < -0.39 is 8.32 Å². The molecule has 0 fully saturated rings. The summed E-state index contributed by atoms with van der Waals surface area (Å²) in [5, 5.41) is 0.310. The Balaban J connectivity index is 3.94. The molecule has 13 heavy (non-hydrogen) atoms. The van der Waals surface area contributed by atoms with Gasteiger partial charge in [-0.15, -0.1) is 0 Å². The van der Waals surface area contributed by atoms with Crippen LogP contribution in [0.5, 0.6) is 0 Å². The number of hydrogen-bond acceptors (Lipinski definition) is 1. The molecule has 0 bridgehead atoms. The Hall–Kier alpha value is 0.467. The predicted molar refractivity (Wildman–Crippen MR) is 69.6 cm³/mol. The zero-order valence-corrected chi connectivity index (χ0v) is 12.4. The fourth-order valence-electron chi connectivity index (χ4n) is 0.621. The number of halogens is 1. The summed E-state index contributed by atoms with van der Waals surface area (Å²) in [6, 6.07) is 0. The molecular weight excluding hydrogens is 291 g/mol. The topological polar surface area (TPSA) is 9.23 Å². The van der Waals surface area contributed by atoms with Crippen LogP contribution in [0.25, 0.3) is 0 Å². The van der Waals surface area contributed by atoms with Crippen LogP contribution >= 0.6 is 22.6 Å². The Kier molecular flexibility index (Phi) is 5.57. The lowest BCUT2D eigenvalue weighted by atomic mass is 10.2. The molecular formula is C10H19IOSi. The van der Waals surface area contributed by atoms with Crippen molar-refractivity contribution >= 4 is 30.9 Å². The van der Waals surface area contributed by atoms with Crippen LogP contribution in [0.4, 0.5) is 0 Å². The lowest BCUT2D eigenvalue weighted by Crippen LogP contribution is -2.40. The summed E-state index contributed by atoms with van der Waals surface area (Å²) in [5.41, 5.74) is 0.